The van der Waals surface area contributed by atoms with Crippen LogP contribution in [-0.2, 0) is 6.54 Å². The van der Waals surface area contributed by atoms with E-state index in [4.69, 9.17) is 0 Å². The van der Waals surface area contributed by atoms with Crippen LogP contribution in [0.2, 0.25) is 0 Å². The standard InChI is InChI=1S/C12H12FN3/c1-9-6-7-14-12(16-9)15-8-10-4-2-3-5-11(10)13/h2-7H,8H2,1H3,(H,14,15,16). The SMILES string of the molecule is Cc1ccnc(NCc2ccccc2F)n1. The van der Waals surface area contributed by atoms with E-state index in [1.807, 2.05) is 13.0 Å². The van der Waals surface area contributed by atoms with Gasteiger partial charge in [0, 0.05) is 24.0 Å². The monoisotopic (exact) mass is 217 g/mol. The zero-order chi connectivity index (χ0) is 11.4. The van der Waals surface area contributed by atoms with Gasteiger partial charge in [0.15, 0.2) is 0 Å². The second-order valence-electron chi connectivity index (χ2n) is 3.47. The number of anilines is 1. The zero-order valence-electron chi connectivity index (χ0n) is 8.94. The molecule has 0 aliphatic rings. The number of nitrogens with one attached hydrogen (secondary N) is 1. The Labute approximate surface area is 93.4 Å². The quantitative estimate of drug-likeness (QED) is 0.858. The summed E-state index contributed by atoms with van der Waals surface area (Å²) >= 11 is 0. The second kappa shape index (κ2) is 4.70. The fraction of sp³-hybridized carbons (Fsp3) is 0.167. The van der Waals surface area contributed by atoms with Crippen molar-refractivity contribution in [3.63, 3.8) is 0 Å². The van der Waals surface area contributed by atoms with Crippen molar-refractivity contribution >= 4 is 5.95 Å². The van der Waals surface area contributed by atoms with E-state index in [0.29, 0.717) is 18.1 Å². The number of halogens is 1. The Bertz CT molecular complexity index is 485. The lowest BCUT2D eigenvalue weighted by Gasteiger charge is -2.05. The van der Waals surface area contributed by atoms with E-state index >= 15 is 0 Å². The maximum Gasteiger partial charge on any atom is 0.223 e. The van der Waals surface area contributed by atoms with Crippen LogP contribution in [0.3, 0.4) is 0 Å². The van der Waals surface area contributed by atoms with Gasteiger partial charge in [0.1, 0.15) is 5.82 Å². The molecule has 2 rings (SSSR count). The minimum absolute atomic E-state index is 0.220. The van der Waals surface area contributed by atoms with E-state index in [1.165, 1.54) is 6.07 Å². The van der Waals surface area contributed by atoms with Crippen molar-refractivity contribution in [3.8, 4) is 0 Å². The van der Waals surface area contributed by atoms with Gasteiger partial charge in [-0.2, -0.15) is 0 Å². The van der Waals surface area contributed by atoms with Gasteiger partial charge < -0.3 is 5.32 Å². The molecular formula is C12H12FN3. The smallest absolute Gasteiger partial charge is 0.223 e. The molecule has 0 aliphatic heterocycles. The lowest BCUT2D eigenvalue weighted by Crippen LogP contribution is -2.05. The first-order valence-electron chi connectivity index (χ1n) is 5.02. The first kappa shape index (κ1) is 10.5. The molecule has 0 aliphatic carbocycles. The number of benzene rings is 1. The Morgan fingerprint density at radius 3 is 2.81 bits per heavy atom. The molecule has 1 N–H and O–H groups in total. The molecule has 1 heterocycles. The number of aromatic nitrogens is 2. The molecule has 0 unspecified atom stereocenters. The molecule has 0 radical (unpaired) electrons. The molecule has 0 spiro atoms. The fourth-order valence-electron chi connectivity index (χ4n) is 1.35. The van der Waals surface area contributed by atoms with E-state index in [9.17, 15) is 4.39 Å². The Morgan fingerprint density at radius 1 is 1.25 bits per heavy atom. The van der Waals surface area contributed by atoms with Crippen molar-refractivity contribution in [2.24, 2.45) is 0 Å². The highest BCUT2D eigenvalue weighted by Gasteiger charge is 2.01. The molecule has 0 amide bonds. The Hall–Kier alpha value is -1.97. The van der Waals surface area contributed by atoms with Crippen LogP contribution in [-0.4, -0.2) is 9.97 Å². The third kappa shape index (κ3) is 2.53. The summed E-state index contributed by atoms with van der Waals surface area (Å²) in [6, 6.07) is 8.46. The lowest BCUT2D eigenvalue weighted by molar-refractivity contribution is 0.612. The van der Waals surface area contributed by atoms with Crippen molar-refractivity contribution < 1.29 is 4.39 Å². The third-order valence-electron chi connectivity index (χ3n) is 2.19. The Kier molecular flexibility index (Phi) is 3.10. The molecule has 0 atom stereocenters. The van der Waals surface area contributed by atoms with Crippen LogP contribution in [0.25, 0.3) is 0 Å². The summed E-state index contributed by atoms with van der Waals surface area (Å²) in [5.74, 6) is 0.297. The van der Waals surface area contributed by atoms with Crippen molar-refractivity contribution in [1.29, 1.82) is 0 Å². The first-order chi connectivity index (χ1) is 7.75. The normalized spacial score (nSPS) is 10.1. The van der Waals surface area contributed by atoms with Gasteiger partial charge in [0.25, 0.3) is 0 Å². The van der Waals surface area contributed by atoms with Gasteiger partial charge in [-0.25, -0.2) is 14.4 Å². The summed E-state index contributed by atoms with van der Waals surface area (Å²) in [4.78, 5) is 8.21. The van der Waals surface area contributed by atoms with Gasteiger partial charge in [0.2, 0.25) is 5.95 Å². The number of rotatable bonds is 3. The van der Waals surface area contributed by atoms with E-state index in [2.05, 4.69) is 15.3 Å². The molecule has 0 bridgehead atoms. The Morgan fingerprint density at radius 2 is 2.06 bits per heavy atom. The molecule has 0 saturated heterocycles. The van der Waals surface area contributed by atoms with Crippen LogP contribution in [0.4, 0.5) is 10.3 Å². The predicted molar refractivity (Wildman–Crippen MR) is 60.5 cm³/mol. The van der Waals surface area contributed by atoms with E-state index in [1.54, 1.807) is 24.4 Å². The van der Waals surface area contributed by atoms with Gasteiger partial charge in [-0.1, -0.05) is 18.2 Å². The molecule has 1 aromatic carbocycles. The molecule has 82 valence electrons. The first-order valence-corrected chi connectivity index (χ1v) is 5.02. The number of nitrogens with zero attached hydrogens (tertiary/aromatic N) is 2. The highest BCUT2D eigenvalue weighted by atomic mass is 19.1. The molecule has 0 saturated carbocycles. The molecular weight excluding hydrogens is 205 g/mol. The summed E-state index contributed by atoms with van der Waals surface area (Å²) in [5.41, 5.74) is 1.48. The minimum atomic E-state index is -0.220. The lowest BCUT2D eigenvalue weighted by atomic mass is 10.2. The number of hydrogen-bond donors (Lipinski definition) is 1. The van der Waals surface area contributed by atoms with Crippen molar-refractivity contribution in [2.75, 3.05) is 5.32 Å². The zero-order valence-corrected chi connectivity index (χ0v) is 8.94. The summed E-state index contributed by atoms with van der Waals surface area (Å²) < 4.78 is 13.3. The van der Waals surface area contributed by atoms with E-state index in [-0.39, 0.29) is 5.82 Å². The summed E-state index contributed by atoms with van der Waals surface area (Å²) in [5, 5.41) is 2.98. The van der Waals surface area contributed by atoms with Crippen LogP contribution >= 0.6 is 0 Å². The number of aryl methyl sites for hydroxylation is 1. The van der Waals surface area contributed by atoms with Crippen LogP contribution in [0.15, 0.2) is 36.5 Å². The highest BCUT2D eigenvalue weighted by Crippen LogP contribution is 2.08. The van der Waals surface area contributed by atoms with Gasteiger partial charge in [0.05, 0.1) is 0 Å². The molecule has 2 aromatic rings. The van der Waals surface area contributed by atoms with Gasteiger partial charge in [-0.05, 0) is 19.1 Å². The maximum atomic E-state index is 13.3. The predicted octanol–water partition coefficient (Wildman–Crippen LogP) is 2.54. The molecule has 1 aromatic heterocycles. The van der Waals surface area contributed by atoms with Crippen molar-refractivity contribution in [1.82, 2.24) is 9.97 Å². The third-order valence-corrected chi connectivity index (χ3v) is 2.19. The minimum Gasteiger partial charge on any atom is -0.350 e. The van der Waals surface area contributed by atoms with Crippen LogP contribution in [0.1, 0.15) is 11.3 Å². The van der Waals surface area contributed by atoms with E-state index in [0.717, 1.165) is 5.69 Å². The largest absolute Gasteiger partial charge is 0.350 e. The molecule has 4 heteroatoms. The van der Waals surface area contributed by atoms with Crippen molar-refractivity contribution in [2.45, 2.75) is 13.5 Å². The number of hydrogen-bond acceptors (Lipinski definition) is 3. The fourth-order valence-corrected chi connectivity index (χ4v) is 1.35. The van der Waals surface area contributed by atoms with Crippen LogP contribution in [0, 0.1) is 12.7 Å². The molecule has 0 fully saturated rings. The average Bonchev–Trinajstić information content (AvgIpc) is 2.28. The van der Waals surface area contributed by atoms with E-state index < -0.39 is 0 Å². The van der Waals surface area contributed by atoms with Gasteiger partial charge in [-0.15, -0.1) is 0 Å². The van der Waals surface area contributed by atoms with Crippen LogP contribution in [0.5, 0.6) is 0 Å². The highest BCUT2D eigenvalue weighted by molar-refractivity contribution is 5.28. The Balaban J connectivity index is 2.05. The topological polar surface area (TPSA) is 37.8 Å². The summed E-state index contributed by atoms with van der Waals surface area (Å²) in [6.07, 6.45) is 1.67. The average molecular weight is 217 g/mol. The summed E-state index contributed by atoms with van der Waals surface area (Å²) in [6.45, 7) is 2.27. The molecule has 3 nitrogen and oxygen atoms in total. The molecule has 16 heavy (non-hydrogen) atoms. The van der Waals surface area contributed by atoms with Crippen molar-refractivity contribution in [3.05, 3.63) is 53.6 Å². The second-order valence-corrected chi connectivity index (χ2v) is 3.47. The summed E-state index contributed by atoms with van der Waals surface area (Å²) in [7, 11) is 0. The maximum absolute atomic E-state index is 13.3. The van der Waals surface area contributed by atoms with Gasteiger partial charge in [-0.3, -0.25) is 0 Å². The van der Waals surface area contributed by atoms with Crippen LogP contribution < -0.4 is 5.32 Å². The van der Waals surface area contributed by atoms with Gasteiger partial charge >= 0.3 is 0 Å².